The number of anilines is 1. The molecular formula is C14H20ClN3O2. The van der Waals surface area contributed by atoms with Gasteiger partial charge in [-0.1, -0.05) is 11.6 Å². The first-order valence-electron chi connectivity index (χ1n) is 6.83. The van der Waals surface area contributed by atoms with Gasteiger partial charge in [0.05, 0.1) is 11.1 Å². The lowest BCUT2D eigenvalue weighted by Gasteiger charge is -2.27. The molecule has 6 heteroatoms. The molecule has 0 radical (unpaired) electrons. The molecule has 1 fully saturated rings. The van der Waals surface area contributed by atoms with Crippen molar-refractivity contribution < 1.29 is 9.53 Å². The van der Waals surface area contributed by atoms with Crippen LogP contribution in [0, 0.1) is 0 Å². The predicted octanol–water partition coefficient (Wildman–Crippen LogP) is 2.42. The summed E-state index contributed by atoms with van der Waals surface area (Å²) < 4.78 is 5.65. The minimum atomic E-state index is -0.179. The van der Waals surface area contributed by atoms with Gasteiger partial charge in [-0.25, -0.2) is 4.98 Å². The van der Waals surface area contributed by atoms with E-state index in [-0.39, 0.29) is 17.7 Å². The second-order valence-electron chi connectivity index (χ2n) is 4.95. The first-order valence-corrected chi connectivity index (χ1v) is 7.21. The molecular weight excluding hydrogens is 278 g/mol. The van der Waals surface area contributed by atoms with Crippen LogP contribution in [0.2, 0.25) is 5.02 Å². The van der Waals surface area contributed by atoms with Crippen LogP contribution < -0.4 is 5.32 Å². The Morgan fingerprint density at radius 2 is 2.35 bits per heavy atom. The first kappa shape index (κ1) is 15.1. The SMILES string of the molecule is CNc1ccc(Cl)c(C(=O)N(C)CC2CCCCO2)n1. The van der Waals surface area contributed by atoms with Gasteiger partial charge in [-0.3, -0.25) is 4.79 Å². The molecule has 5 nitrogen and oxygen atoms in total. The number of carbonyl (C=O) groups is 1. The summed E-state index contributed by atoms with van der Waals surface area (Å²) in [6.07, 6.45) is 3.37. The van der Waals surface area contributed by atoms with Crippen molar-refractivity contribution in [3.8, 4) is 0 Å². The molecule has 0 aromatic carbocycles. The lowest BCUT2D eigenvalue weighted by atomic mass is 10.1. The highest BCUT2D eigenvalue weighted by atomic mass is 35.5. The van der Waals surface area contributed by atoms with Crippen molar-refractivity contribution in [2.24, 2.45) is 0 Å². The van der Waals surface area contributed by atoms with Crippen LogP contribution in [0.15, 0.2) is 12.1 Å². The minimum Gasteiger partial charge on any atom is -0.376 e. The fraction of sp³-hybridized carbons (Fsp3) is 0.571. The Bertz CT molecular complexity index is 475. The van der Waals surface area contributed by atoms with Crippen LogP contribution in [-0.2, 0) is 4.74 Å². The van der Waals surface area contributed by atoms with Gasteiger partial charge in [0.2, 0.25) is 0 Å². The second-order valence-corrected chi connectivity index (χ2v) is 5.36. The Balaban J connectivity index is 2.05. The van der Waals surface area contributed by atoms with Crippen LogP contribution in [-0.4, -0.2) is 49.1 Å². The van der Waals surface area contributed by atoms with Crippen molar-refractivity contribution in [2.45, 2.75) is 25.4 Å². The second kappa shape index (κ2) is 6.90. The van der Waals surface area contributed by atoms with Crippen molar-refractivity contribution in [1.29, 1.82) is 0 Å². The van der Waals surface area contributed by atoms with Crippen LogP contribution >= 0.6 is 11.6 Å². The highest BCUT2D eigenvalue weighted by Crippen LogP contribution is 2.19. The summed E-state index contributed by atoms with van der Waals surface area (Å²) in [6, 6.07) is 3.42. The van der Waals surface area contributed by atoms with Gasteiger partial charge >= 0.3 is 0 Å². The summed E-state index contributed by atoms with van der Waals surface area (Å²) in [5.74, 6) is 0.446. The molecule has 1 N–H and O–H groups in total. The van der Waals surface area contributed by atoms with E-state index in [1.165, 1.54) is 0 Å². The Morgan fingerprint density at radius 1 is 1.55 bits per heavy atom. The maximum Gasteiger partial charge on any atom is 0.273 e. The Morgan fingerprint density at radius 3 is 3.00 bits per heavy atom. The molecule has 1 unspecified atom stereocenters. The molecule has 0 aliphatic carbocycles. The number of hydrogen-bond acceptors (Lipinski definition) is 4. The van der Waals surface area contributed by atoms with Gasteiger partial charge in [0.15, 0.2) is 0 Å². The Hall–Kier alpha value is -1.33. The lowest BCUT2D eigenvalue weighted by Crippen LogP contribution is -2.37. The molecule has 110 valence electrons. The summed E-state index contributed by atoms with van der Waals surface area (Å²) in [5, 5.41) is 3.27. The summed E-state index contributed by atoms with van der Waals surface area (Å²) in [5.41, 5.74) is 0.275. The normalized spacial score (nSPS) is 18.6. The fourth-order valence-electron chi connectivity index (χ4n) is 2.25. The summed E-state index contributed by atoms with van der Waals surface area (Å²) in [7, 11) is 3.51. The molecule has 1 aromatic heterocycles. The molecule has 1 aliphatic heterocycles. The molecule has 0 spiro atoms. The lowest BCUT2D eigenvalue weighted by molar-refractivity contribution is -0.000283. The third-order valence-electron chi connectivity index (χ3n) is 3.40. The van der Waals surface area contributed by atoms with E-state index in [2.05, 4.69) is 10.3 Å². The van der Waals surface area contributed by atoms with Crippen LogP contribution in [0.4, 0.5) is 5.82 Å². The zero-order chi connectivity index (χ0) is 14.5. The largest absolute Gasteiger partial charge is 0.376 e. The number of carbonyl (C=O) groups excluding carboxylic acids is 1. The molecule has 2 heterocycles. The zero-order valence-corrected chi connectivity index (χ0v) is 12.6. The third-order valence-corrected chi connectivity index (χ3v) is 3.71. The average Bonchev–Trinajstić information content (AvgIpc) is 2.48. The number of likely N-dealkylation sites (N-methyl/N-ethyl adjacent to an activating group) is 1. The van der Waals surface area contributed by atoms with Crippen LogP contribution in [0.3, 0.4) is 0 Å². The quantitative estimate of drug-likeness (QED) is 0.927. The van der Waals surface area contributed by atoms with E-state index in [9.17, 15) is 4.79 Å². The van der Waals surface area contributed by atoms with Crippen molar-refractivity contribution >= 4 is 23.3 Å². The Kier molecular flexibility index (Phi) is 5.20. The van der Waals surface area contributed by atoms with E-state index in [1.54, 1.807) is 31.1 Å². The number of hydrogen-bond donors (Lipinski definition) is 1. The van der Waals surface area contributed by atoms with Crippen LogP contribution in [0.1, 0.15) is 29.8 Å². The highest BCUT2D eigenvalue weighted by molar-refractivity contribution is 6.33. The van der Waals surface area contributed by atoms with E-state index in [0.717, 1.165) is 25.9 Å². The number of pyridine rings is 1. The van der Waals surface area contributed by atoms with Gasteiger partial charge in [-0.2, -0.15) is 0 Å². The first-order chi connectivity index (χ1) is 9.61. The van der Waals surface area contributed by atoms with Crippen LogP contribution in [0.5, 0.6) is 0 Å². The van der Waals surface area contributed by atoms with Crippen molar-refractivity contribution in [3.05, 3.63) is 22.8 Å². The molecule has 2 rings (SSSR count). The van der Waals surface area contributed by atoms with E-state index in [0.29, 0.717) is 17.4 Å². The zero-order valence-electron chi connectivity index (χ0n) is 11.9. The Labute approximate surface area is 124 Å². The third kappa shape index (κ3) is 3.61. The minimum absolute atomic E-state index is 0.115. The van der Waals surface area contributed by atoms with Gasteiger partial charge in [0.25, 0.3) is 5.91 Å². The maximum atomic E-state index is 12.4. The van der Waals surface area contributed by atoms with Crippen molar-refractivity contribution in [1.82, 2.24) is 9.88 Å². The fourth-order valence-corrected chi connectivity index (χ4v) is 2.44. The molecule has 20 heavy (non-hydrogen) atoms. The molecule has 0 saturated carbocycles. The van der Waals surface area contributed by atoms with E-state index < -0.39 is 0 Å². The maximum absolute atomic E-state index is 12.4. The number of halogens is 1. The molecule has 1 saturated heterocycles. The number of ether oxygens (including phenoxy) is 1. The summed E-state index contributed by atoms with van der Waals surface area (Å²) in [6.45, 7) is 1.35. The molecule has 1 atom stereocenters. The van der Waals surface area contributed by atoms with Crippen molar-refractivity contribution in [3.63, 3.8) is 0 Å². The number of rotatable bonds is 4. The molecule has 1 aromatic rings. The van der Waals surface area contributed by atoms with Gasteiger partial charge in [-0.15, -0.1) is 0 Å². The van der Waals surface area contributed by atoms with Crippen LogP contribution in [0.25, 0.3) is 0 Å². The predicted molar refractivity (Wildman–Crippen MR) is 79.3 cm³/mol. The summed E-state index contributed by atoms with van der Waals surface area (Å²) >= 11 is 6.07. The van der Waals surface area contributed by atoms with Gasteiger partial charge in [-0.05, 0) is 31.4 Å². The average molecular weight is 298 g/mol. The molecule has 0 bridgehead atoms. The molecule has 1 amide bonds. The number of aromatic nitrogens is 1. The van der Waals surface area contributed by atoms with Gasteiger partial charge < -0.3 is 15.0 Å². The number of nitrogens with one attached hydrogen (secondary N) is 1. The van der Waals surface area contributed by atoms with Gasteiger partial charge in [0.1, 0.15) is 11.5 Å². The number of nitrogens with zero attached hydrogens (tertiary/aromatic N) is 2. The molecule has 1 aliphatic rings. The monoisotopic (exact) mass is 297 g/mol. The van der Waals surface area contributed by atoms with E-state index in [4.69, 9.17) is 16.3 Å². The highest BCUT2D eigenvalue weighted by Gasteiger charge is 2.22. The smallest absolute Gasteiger partial charge is 0.273 e. The number of amides is 1. The topological polar surface area (TPSA) is 54.5 Å². The van der Waals surface area contributed by atoms with Crippen molar-refractivity contribution in [2.75, 3.05) is 32.6 Å². The standard InChI is InChI=1S/C14H20ClN3O2/c1-16-12-7-6-11(15)13(17-12)14(19)18(2)9-10-5-3-4-8-20-10/h6-7,10H,3-5,8-9H2,1-2H3,(H,16,17). The summed E-state index contributed by atoms with van der Waals surface area (Å²) in [4.78, 5) is 18.3. The van der Waals surface area contributed by atoms with E-state index in [1.807, 2.05) is 0 Å². The van der Waals surface area contributed by atoms with Gasteiger partial charge in [0, 0.05) is 27.2 Å². The van der Waals surface area contributed by atoms with E-state index >= 15 is 0 Å².